The van der Waals surface area contributed by atoms with Gasteiger partial charge >= 0.3 is 0 Å². The number of aromatic nitrogens is 1. The number of aryl methyl sites for hydroxylation is 1. The zero-order valence-corrected chi connectivity index (χ0v) is 13.7. The van der Waals surface area contributed by atoms with Crippen LogP contribution in [0, 0.1) is 12.7 Å². The van der Waals surface area contributed by atoms with Crippen LogP contribution in [0.2, 0.25) is 0 Å². The molecule has 6 nitrogen and oxygen atoms in total. The van der Waals surface area contributed by atoms with Crippen molar-refractivity contribution in [3.8, 4) is 17.2 Å². The van der Waals surface area contributed by atoms with Crippen molar-refractivity contribution in [1.82, 2.24) is 9.88 Å². The Kier molecular flexibility index (Phi) is 4.53. The number of nitrogens with two attached hydrogens (primary N) is 1. The molecular weight excluding hydrogens is 313 g/mol. The van der Waals surface area contributed by atoms with E-state index in [9.17, 15) is 9.18 Å². The van der Waals surface area contributed by atoms with Crippen molar-refractivity contribution >= 4 is 5.91 Å². The summed E-state index contributed by atoms with van der Waals surface area (Å²) in [6.45, 7) is 3.01. The van der Waals surface area contributed by atoms with Gasteiger partial charge in [0.25, 0.3) is 0 Å². The average Bonchev–Trinajstić information content (AvgIpc) is 3.15. The molecule has 1 fully saturated rings. The maximum atomic E-state index is 14.1. The van der Waals surface area contributed by atoms with Crippen molar-refractivity contribution in [2.24, 2.45) is 5.73 Å². The van der Waals surface area contributed by atoms with Crippen LogP contribution in [-0.4, -0.2) is 35.5 Å². The summed E-state index contributed by atoms with van der Waals surface area (Å²) in [4.78, 5) is 17.9. The fourth-order valence-electron chi connectivity index (χ4n) is 3.02. The van der Waals surface area contributed by atoms with Crippen molar-refractivity contribution in [2.75, 3.05) is 13.7 Å². The normalized spacial score (nSPS) is 18.0. The maximum Gasteiger partial charge on any atom is 0.234 e. The molecule has 0 unspecified atom stereocenters. The first-order valence-corrected chi connectivity index (χ1v) is 7.83. The van der Waals surface area contributed by atoms with Crippen molar-refractivity contribution in [3.05, 3.63) is 35.5 Å². The van der Waals surface area contributed by atoms with Crippen LogP contribution in [0.1, 0.15) is 24.3 Å². The third kappa shape index (κ3) is 3.12. The number of hydrogen-bond acceptors (Lipinski definition) is 5. The van der Waals surface area contributed by atoms with Gasteiger partial charge in [-0.1, -0.05) is 0 Å². The number of primary amides is 1. The van der Waals surface area contributed by atoms with E-state index in [1.165, 1.54) is 19.2 Å². The molecule has 1 aromatic heterocycles. The van der Waals surface area contributed by atoms with Gasteiger partial charge in [0.15, 0.2) is 0 Å². The first-order valence-electron chi connectivity index (χ1n) is 7.83. The summed E-state index contributed by atoms with van der Waals surface area (Å²) in [5.41, 5.74) is 6.37. The molecule has 1 aliphatic rings. The molecule has 24 heavy (non-hydrogen) atoms. The van der Waals surface area contributed by atoms with Gasteiger partial charge in [-0.2, -0.15) is 0 Å². The molecule has 1 saturated heterocycles. The van der Waals surface area contributed by atoms with E-state index in [2.05, 4.69) is 4.98 Å². The number of halogens is 1. The third-order valence-electron chi connectivity index (χ3n) is 4.34. The Balaban J connectivity index is 1.87. The van der Waals surface area contributed by atoms with Crippen molar-refractivity contribution < 1.29 is 18.3 Å². The minimum Gasteiger partial charge on any atom is -0.497 e. The quantitative estimate of drug-likeness (QED) is 0.907. The molecule has 2 aromatic rings. The summed E-state index contributed by atoms with van der Waals surface area (Å²) in [5.74, 6) is 0.570. The minimum atomic E-state index is -0.431. The number of amides is 1. The molecule has 0 bridgehead atoms. The average molecular weight is 333 g/mol. The highest BCUT2D eigenvalue weighted by Gasteiger charge is 2.30. The summed E-state index contributed by atoms with van der Waals surface area (Å²) in [5, 5.41) is 0. The molecule has 7 heteroatoms. The molecule has 2 N–H and O–H groups in total. The Labute approximate surface area is 139 Å². The Bertz CT molecular complexity index is 760. The highest BCUT2D eigenvalue weighted by molar-refractivity contribution is 5.80. The lowest BCUT2D eigenvalue weighted by molar-refractivity contribution is -0.122. The number of ether oxygens (including phenoxy) is 1. The number of benzene rings is 1. The van der Waals surface area contributed by atoms with Gasteiger partial charge in [0.2, 0.25) is 11.8 Å². The smallest absolute Gasteiger partial charge is 0.234 e. The molecule has 1 amide bonds. The fraction of sp³-hybridized carbons (Fsp3) is 0.412. The van der Waals surface area contributed by atoms with Crippen molar-refractivity contribution in [2.45, 2.75) is 32.4 Å². The monoisotopic (exact) mass is 333 g/mol. The molecule has 0 radical (unpaired) electrons. The Hall–Kier alpha value is -2.41. The van der Waals surface area contributed by atoms with Crippen LogP contribution in [0.15, 0.2) is 22.6 Å². The van der Waals surface area contributed by atoms with E-state index in [-0.39, 0.29) is 23.4 Å². The standard InChI is InChI=1S/C17H20FN3O3/c1-10-14(9-21-7-3-4-15(21)16(19)22)20-17(24-10)12-8-11(23-2)5-6-13(12)18/h5-6,8,15H,3-4,7,9H2,1-2H3,(H2,19,22)/t15-/m0/s1. The molecule has 0 saturated carbocycles. The number of likely N-dealkylation sites (tertiary alicyclic amines) is 1. The number of carbonyl (C=O) groups is 1. The Morgan fingerprint density at radius 1 is 1.54 bits per heavy atom. The highest BCUT2D eigenvalue weighted by atomic mass is 19.1. The van der Waals surface area contributed by atoms with Gasteiger partial charge in [-0.15, -0.1) is 0 Å². The van der Waals surface area contributed by atoms with Crippen LogP contribution in [0.3, 0.4) is 0 Å². The van der Waals surface area contributed by atoms with E-state index in [1.807, 2.05) is 4.90 Å². The first-order chi connectivity index (χ1) is 11.5. The van der Waals surface area contributed by atoms with E-state index in [0.717, 1.165) is 19.4 Å². The topological polar surface area (TPSA) is 81.6 Å². The highest BCUT2D eigenvalue weighted by Crippen LogP contribution is 2.29. The van der Waals surface area contributed by atoms with Gasteiger partial charge in [-0.05, 0) is 44.5 Å². The van der Waals surface area contributed by atoms with Crippen LogP contribution in [0.4, 0.5) is 4.39 Å². The van der Waals surface area contributed by atoms with Crippen molar-refractivity contribution in [3.63, 3.8) is 0 Å². The number of carbonyl (C=O) groups excluding carboxylic acids is 1. The van der Waals surface area contributed by atoms with E-state index in [1.54, 1.807) is 13.0 Å². The summed E-state index contributed by atoms with van der Waals surface area (Å²) in [6.07, 6.45) is 1.67. The molecule has 1 aliphatic heterocycles. The van der Waals surface area contributed by atoms with E-state index >= 15 is 0 Å². The van der Waals surface area contributed by atoms with Gasteiger partial charge in [0.1, 0.15) is 17.3 Å². The second-order valence-corrected chi connectivity index (χ2v) is 5.90. The summed E-state index contributed by atoms with van der Waals surface area (Å²) in [6, 6.07) is 4.12. The van der Waals surface area contributed by atoms with Gasteiger partial charge in [-0.3, -0.25) is 9.69 Å². The number of oxazole rings is 1. The molecule has 1 aromatic carbocycles. The zero-order chi connectivity index (χ0) is 17.3. The Morgan fingerprint density at radius 3 is 3.04 bits per heavy atom. The third-order valence-corrected chi connectivity index (χ3v) is 4.34. The number of rotatable bonds is 5. The number of hydrogen-bond donors (Lipinski definition) is 1. The molecule has 0 aliphatic carbocycles. The van der Waals surface area contributed by atoms with Crippen molar-refractivity contribution in [1.29, 1.82) is 0 Å². The first kappa shape index (κ1) is 16.4. The fourth-order valence-corrected chi connectivity index (χ4v) is 3.02. The molecule has 1 atom stereocenters. The van der Waals surface area contributed by atoms with Crippen LogP contribution in [0.5, 0.6) is 5.75 Å². The van der Waals surface area contributed by atoms with Crippen LogP contribution < -0.4 is 10.5 Å². The second kappa shape index (κ2) is 6.60. The molecule has 2 heterocycles. The predicted octanol–water partition coefficient (Wildman–Crippen LogP) is 2.25. The molecular formula is C17H20FN3O3. The van der Waals surface area contributed by atoms with Gasteiger partial charge in [0.05, 0.1) is 24.4 Å². The summed E-state index contributed by atoms with van der Waals surface area (Å²) in [7, 11) is 1.51. The number of methoxy groups -OCH3 is 1. The molecule has 0 spiro atoms. The van der Waals surface area contributed by atoms with E-state index in [4.69, 9.17) is 14.9 Å². The van der Waals surface area contributed by atoms with Crippen LogP contribution >= 0.6 is 0 Å². The van der Waals surface area contributed by atoms with E-state index in [0.29, 0.717) is 23.7 Å². The largest absolute Gasteiger partial charge is 0.497 e. The van der Waals surface area contributed by atoms with Gasteiger partial charge < -0.3 is 14.9 Å². The summed E-state index contributed by atoms with van der Waals surface area (Å²) >= 11 is 0. The Morgan fingerprint density at radius 2 is 2.33 bits per heavy atom. The SMILES string of the molecule is COc1ccc(F)c(-c2nc(CN3CCC[C@H]3C(N)=O)c(C)o2)c1. The zero-order valence-electron chi connectivity index (χ0n) is 13.7. The van der Waals surface area contributed by atoms with E-state index < -0.39 is 5.82 Å². The minimum absolute atomic E-state index is 0.203. The lowest BCUT2D eigenvalue weighted by atomic mass is 10.2. The van der Waals surface area contributed by atoms with Crippen LogP contribution in [0.25, 0.3) is 11.5 Å². The van der Waals surface area contributed by atoms with Gasteiger partial charge in [-0.25, -0.2) is 9.37 Å². The lowest BCUT2D eigenvalue weighted by Gasteiger charge is -2.20. The predicted molar refractivity (Wildman–Crippen MR) is 85.8 cm³/mol. The molecule has 128 valence electrons. The molecule has 3 rings (SSSR count). The number of nitrogens with zero attached hydrogens (tertiary/aromatic N) is 2. The van der Waals surface area contributed by atoms with Gasteiger partial charge in [0, 0.05) is 6.54 Å². The van der Waals surface area contributed by atoms with Crippen LogP contribution in [-0.2, 0) is 11.3 Å². The second-order valence-electron chi connectivity index (χ2n) is 5.90. The summed E-state index contributed by atoms with van der Waals surface area (Å²) < 4.78 is 24.8. The maximum absolute atomic E-state index is 14.1. The lowest BCUT2D eigenvalue weighted by Crippen LogP contribution is -2.39.